The molecule has 1 rings (SSSR count). The Morgan fingerprint density at radius 1 is 1.29 bits per heavy atom. The Hall–Kier alpha value is -2.45. The highest BCUT2D eigenvalue weighted by molar-refractivity contribution is 5.89. The van der Waals surface area contributed by atoms with Gasteiger partial charge in [0.25, 0.3) is 0 Å². The lowest BCUT2D eigenvalue weighted by Crippen LogP contribution is -2.30. The van der Waals surface area contributed by atoms with Gasteiger partial charge in [0, 0.05) is 18.3 Å². The molecule has 0 bridgehead atoms. The standard InChI is InChI=1S/C12H13F3N2O4/c13-12(14,15)7-21-9-3-1-2-8(6-9)17-11(20)16-5-4-10(18)19/h1-3,6H,4-5,7H2,(H,18,19)(H2,16,17,20). The molecular formula is C12H13F3N2O4. The number of aliphatic carboxylic acids is 1. The fraction of sp³-hybridized carbons (Fsp3) is 0.333. The Kier molecular flexibility index (Phi) is 5.82. The molecule has 9 heteroatoms. The lowest BCUT2D eigenvalue weighted by Gasteiger charge is -2.11. The first-order valence-corrected chi connectivity index (χ1v) is 5.82. The van der Waals surface area contributed by atoms with E-state index in [1.165, 1.54) is 24.3 Å². The molecule has 0 aromatic heterocycles. The van der Waals surface area contributed by atoms with Crippen LogP contribution in [0.15, 0.2) is 24.3 Å². The van der Waals surface area contributed by atoms with Gasteiger partial charge in [-0.3, -0.25) is 4.79 Å². The number of ether oxygens (including phenoxy) is 1. The van der Waals surface area contributed by atoms with Crippen molar-refractivity contribution in [3.8, 4) is 5.75 Å². The van der Waals surface area contributed by atoms with Gasteiger partial charge in [0.15, 0.2) is 6.61 Å². The molecule has 1 aromatic carbocycles. The number of rotatable bonds is 6. The van der Waals surface area contributed by atoms with Crippen molar-refractivity contribution in [2.24, 2.45) is 0 Å². The first kappa shape index (κ1) is 16.6. The fourth-order valence-electron chi connectivity index (χ4n) is 1.29. The van der Waals surface area contributed by atoms with Crippen molar-refractivity contribution in [2.75, 3.05) is 18.5 Å². The summed E-state index contributed by atoms with van der Waals surface area (Å²) in [6.07, 6.45) is -4.68. The number of carboxylic acids is 1. The summed E-state index contributed by atoms with van der Waals surface area (Å²) in [4.78, 5) is 21.6. The van der Waals surface area contributed by atoms with Gasteiger partial charge >= 0.3 is 18.2 Å². The third kappa shape index (κ3) is 7.65. The predicted molar refractivity (Wildman–Crippen MR) is 67.3 cm³/mol. The maximum atomic E-state index is 12.0. The monoisotopic (exact) mass is 306 g/mol. The molecule has 6 nitrogen and oxygen atoms in total. The van der Waals surface area contributed by atoms with E-state index in [0.29, 0.717) is 0 Å². The van der Waals surface area contributed by atoms with E-state index in [0.717, 1.165) is 0 Å². The van der Waals surface area contributed by atoms with Crippen LogP contribution in [-0.4, -0.2) is 36.4 Å². The van der Waals surface area contributed by atoms with Gasteiger partial charge in [-0.1, -0.05) is 6.07 Å². The molecule has 0 heterocycles. The second-order valence-electron chi connectivity index (χ2n) is 3.96. The molecule has 0 aliphatic carbocycles. The van der Waals surface area contributed by atoms with Crippen molar-refractivity contribution in [1.82, 2.24) is 5.32 Å². The van der Waals surface area contributed by atoms with Crippen LogP contribution in [0.4, 0.5) is 23.7 Å². The topological polar surface area (TPSA) is 87.7 Å². The lowest BCUT2D eigenvalue weighted by molar-refractivity contribution is -0.153. The molecule has 0 radical (unpaired) electrons. The van der Waals surface area contributed by atoms with Crippen molar-refractivity contribution < 1.29 is 32.6 Å². The van der Waals surface area contributed by atoms with Crippen LogP contribution >= 0.6 is 0 Å². The first-order valence-electron chi connectivity index (χ1n) is 5.82. The molecule has 2 amide bonds. The molecule has 0 fully saturated rings. The summed E-state index contributed by atoms with van der Waals surface area (Å²) < 4.78 is 40.5. The molecule has 116 valence electrons. The van der Waals surface area contributed by atoms with Gasteiger partial charge in [-0.05, 0) is 12.1 Å². The Labute approximate surface area is 117 Å². The Balaban J connectivity index is 2.48. The molecule has 0 saturated carbocycles. The number of carboxylic acid groups (broad SMARTS) is 1. The number of carbonyl (C=O) groups excluding carboxylic acids is 1. The van der Waals surface area contributed by atoms with Gasteiger partial charge in [-0.25, -0.2) is 4.79 Å². The minimum atomic E-state index is -4.45. The minimum absolute atomic E-state index is 0.0457. The van der Waals surface area contributed by atoms with Crippen LogP contribution in [0.1, 0.15) is 6.42 Å². The number of urea groups is 1. The van der Waals surface area contributed by atoms with E-state index < -0.39 is 24.8 Å². The summed E-state index contributed by atoms with van der Waals surface area (Å²) >= 11 is 0. The Morgan fingerprint density at radius 2 is 2.00 bits per heavy atom. The lowest BCUT2D eigenvalue weighted by atomic mass is 10.3. The number of alkyl halides is 3. The zero-order chi connectivity index (χ0) is 15.9. The molecule has 3 N–H and O–H groups in total. The average Bonchev–Trinajstić information content (AvgIpc) is 2.35. The predicted octanol–water partition coefficient (Wildman–Crippen LogP) is 2.22. The Morgan fingerprint density at radius 3 is 2.62 bits per heavy atom. The third-order valence-corrected chi connectivity index (χ3v) is 2.12. The number of halogens is 3. The number of nitrogens with one attached hydrogen (secondary N) is 2. The van der Waals surface area contributed by atoms with Crippen LogP contribution in [0, 0.1) is 0 Å². The van der Waals surface area contributed by atoms with E-state index in [4.69, 9.17) is 5.11 Å². The van der Waals surface area contributed by atoms with Crippen LogP contribution in [-0.2, 0) is 4.79 Å². The summed E-state index contributed by atoms with van der Waals surface area (Å²) in [5.41, 5.74) is 0.225. The second-order valence-corrected chi connectivity index (χ2v) is 3.96. The van der Waals surface area contributed by atoms with Gasteiger partial charge < -0.3 is 20.5 Å². The minimum Gasteiger partial charge on any atom is -0.484 e. The summed E-state index contributed by atoms with van der Waals surface area (Å²) in [6.45, 7) is -1.49. The second kappa shape index (κ2) is 7.36. The van der Waals surface area contributed by atoms with Crippen molar-refractivity contribution in [1.29, 1.82) is 0 Å². The number of benzene rings is 1. The SMILES string of the molecule is O=C(O)CCNC(=O)Nc1cccc(OCC(F)(F)F)c1. The molecule has 0 spiro atoms. The summed E-state index contributed by atoms with van der Waals surface area (Å²) in [6, 6.07) is 4.75. The molecule has 0 unspecified atom stereocenters. The van der Waals surface area contributed by atoms with Crippen LogP contribution in [0.25, 0.3) is 0 Å². The number of amides is 2. The molecule has 1 aromatic rings. The highest BCUT2D eigenvalue weighted by atomic mass is 19.4. The van der Waals surface area contributed by atoms with Crippen molar-refractivity contribution in [3.05, 3.63) is 24.3 Å². The van der Waals surface area contributed by atoms with Crippen molar-refractivity contribution in [2.45, 2.75) is 12.6 Å². The maximum Gasteiger partial charge on any atom is 0.422 e. The zero-order valence-corrected chi connectivity index (χ0v) is 10.7. The number of carbonyl (C=O) groups is 2. The van der Waals surface area contributed by atoms with Crippen LogP contribution in [0.5, 0.6) is 5.75 Å². The van der Waals surface area contributed by atoms with Crippen molar-refractivity contribution >= 4 is 17.7 Å². The van der Waals surface area contributed by atoms with Gasteiger partial charge in [-0.15, -0.1) is 0 Å². The molecule has 0 aliphatic heterocycles. The van der Waals surface area contributed by atoms with Crippen LogP contribution in [0.3, 0.4) is 0 Å². The first-order chi connectivity index (χ1) is 9.76. The summed E-state index contributed by atoms with van der Waals surface area (Å²) in [5, 5.41) is 13.0. The molecule has 0 saturated heterocycles. The fourth-order valence-corrected chi connectivity index (χ4v) is 1.29. The van der Waals surface area contributed by atoms with E-state index in [-0.39, 0.29) is 24.4 Å². The van der Waals surface area contributed by atoms with E-state index in [1.54, 1.807) is 0 Å². The molecule has 21 heavy (non-hydrogen) atoms. The summed E-state index contributed by atoms with van der Waals surface area (Å²) in [5.74, 6) is -1.10. The Bertz CT molecular complexity index is 506. The summed E-state index contributed by atoms with van der Waals surface area (Å²) in [7, 11) is 0. The highest BCUT2D eigenvalue weighted by Crippen LogP contribution is 2.21. The van der Waals surface area contributed by atoms with Crippen LogP contribution < -0.4 is 15.4 Å². The van der Waals surface area contributed by atoms with E-state index in [2.05, 4.69) is 15.4 Å². The maximum absolute atomic E-state index is 12.0. The zero-order valence-electron chi connectivity index (χ0n) is 10.7. The largest absolute Gasteiger partial charge is 0.484 e. The van der Waals surface area contributed by atoms with E-state index in [9.17, 15) is 22.8 Å². The molecule has 0 atom stereocenters. The quantitative estimate of drug-likeness (QED) is 0.752. The smallest absolute Gasteiger partial charge is 0.422 e. The highest BCUT2D eigenvalue weighted by Gasteiger charge is 2.28. The normalized spacial score (nSPS) is 10.8. The van der Waals surface area contributed by atoms with Gasteiger partial charge in [0.1, 0.15) is 5.75 Å². The average molecular weight is 306 g/mol. The third-order valence-electron chi connectivity index (χ3n) is 2.12. The van der Waals surface area contributed by atoms with Gasteiger partial charge in [0.05, 0.1) is 6.42 Å². The van der Waals surface area contributed by atoms with Crippen LogP contribution in [0.2, 0.25) is 0 Å². The van der Waals surface area contributed by atoms with Gasteiger partial charge in [0.2, 0.25) is 0 Å². The van der Waals surface area contributed by atoms with E-state index in [1.807, 2.05) is 0 Å². The molecular weight excluding hydrogens is 293 g/mol. The number of hydrogen-bond donors (Lipinski definition) is 3. The molecule has 0 aliphatic rings. The number of hydrogen-bond acceptors (Lipinski definition) is 3. The van der Waals surface area contributed by atoms with Crippen molar-refractivity contribution in [3.63, 3.8) is 0 Å². The number of anilines is 1. The van der Waals surface area contributed by atoms with Gasteiger partial charge in [-0.2, -0.15) is 13.2 Å². The van der Waals surface area contributed by atoms with E-state index >= 15 is 0 Å².